The number of allylic oxidation sites excluding steroid dienone is 4. The zero-order valence-corrected chi connectivity index (χ0v) is 45.9. The van der Waals surface area contributed by atoms with Crippen molar-refractivity contribution >= 4 is 70.2 Å². The number of aromatic amines is 2. The SMILES string of the molecule is CC(C)C=CC(=O)Oc1ccccc1-c1c2nc(c(-c3ccccc3OC(=O)C=CC(C)C)c3ccc([nH]3)c(-c3ccccc3OC(=O)C=CC(C)C)c3nc(c(-c4ccccc4OC(=O)C=CC(C)C)c4ccc1[nH]4)C=C3)C=C2. The maximum atomic E-state index is 13.5. The van der Waals surface area contributed by atoms with E-state index in [4.69, 9.17) is 28.9 Å². The topological polar surface area (TPSA) is 163 Å². The summed E-state index contributed by atoms with van der Waals surface area (Å²) in [7, 11) is 0. The van der Waals surface area contributed by atoms with E-state index < -0.39 is 23.9 Å². The summed E-state index contributed by atoms with van der Waals surface area (Å²) >= 11 is 0. The highest BCUT2D eigenvalue weighted by atomic mass is 16.5. The Balaban J connectivity index is 1.43. The number of benzene rings is 4. The standard InChI is InChI=1S/C68H62N4O8/c1-41(2)25-37-61(73)77-57-21-13-9-17-45(57)65-49-29-31-51(69-49)66(46-18-10-14-22-58(46)78-62(74)38-26-42(3)4)53-33-35-55(71-53)68(48-20-12-16-24-60(48)80-64(76)40-28-44(7)8)56-36-34-54(72-56)67(52-32-30-50(65)70-52)47-19-11-15-23-59(47)79-63(75)39-27-43(5)6/h9-44,69,72H,1-8H3. The van der Waals surface area contributed by atoms with E-state index in [9.17, 15) is 19.2 Å². The number of hydrogen-bond donors (Lipinski definition) is 2. The Kier molecular flexibility index (Phi) is 17.0. The van der Waals surface area contributed by atoms with Crippen LogP contribution in [0.1, 0.15) is 78.2 Å². The molecule has 0 fully saturated rings. The summed E-state index contributed by atoms with van der Waals surface area (Å²) in [5.74, 6) is -0.539. The van der Waals surface area contributed by atoms with Gasteiger partial charge in [0.15, 0.2) is 0 Å². The van der Waals surface area contributed by atoms with Crippen LogP contribution in [0.15, 0.2) is 170 Å². The van der Waals surface area contributed by atoms with E-state index >= 15 is 0 Å². The van der Waals surface area contributed by atoms with Crippen LogP contribution in [-0.2, 0) is 19.2 Å². The quantitative estimate of drug-likeness (QED) is 0.0541. The van der Waals surface area contributed by atoms with Crippen molar-refractivity contribution in [3.8, 4) is 67.5 Å². The number of H-pyrrole nitrogens is 2. The Bertz CT molecular complexity index is 3400. The Morgan fingerprint density at radius 3 is 0.762 bits per heavy atom. The maximum Gasteiger partial charge on any atom is 0.335 e. The monoisotopic (exact) mass is 1060 g/mol. The van der Waals surface area contributed by atoms with E-state index in [1.54, 1.807) is 72.8 Å². The molecule has 0 amide bonds. The van der Waals surface area contributed by atoms with E-state index in [2.05, 4.69) is 9.97 Å². The van der Waals surface area contributed by atoms with Crippen LogP contribution < -0.4 is 18.9 Å². The number of ether oxygens (including phenoxy) is 4. The van der Waals surface area contributed by atoms with Gasteiger partial charge < -0.3 is 28.9 Å². The lowest BCUT2D eigenvalue weighted by Gasteiger charge is -2.12. The van der Waals surface area contributed by atoms with Gasteiger partial charge in [-0.1, -0.05) is 152 Å². The molecular formula is C68H62N4O8. The fraction of sp³-hybridized carbons (Fsp3) is 0.176. The molecule has 12 heteroatoms. The molecule has 0 saturated carbocycles. The Labute approximate surface area is 465 Å². The minimum atomic E-state index is -0.543. The number of esters is 4. The fourth-order valence-corrected chi connectivity index (χ4v) is 9.04. The smallest absolute Gasteiger partial charge is 0.335 e. The van der Waals surface area contributed by atoms with Gasteiger partial charge in [-0.05, 0) is 96.5 Å². The highest BCUT2D eigenvalue weighted by Crippen LogP contribution is 2.44. The van der Waals surface area contributed by atoms with E-state index in [1.165, 1.54) is 24.3 Å². The summed E-state index contributed by atoms with van der Waals surface area (Å²) < 4.78 is 24.5. The summed E-state index contributed by atoms with van der Waals surface area (Å²) in [4.78, 5) is 72.2. The summed E-state index contributed by atoms with van der Waals surface area (Å²) in [6.45, 7) is 15.8. The second-order valence-electron chi connectivity index (χ2n) is 20.6. The van der Waals surface area contributed by atoms with Gasteiger partial charge in [0.05, 0.1) is 22.8 Å². The van der Waals surface area contributed by atoms with Crippen molar-refractivity contribution in [2.24, 2.45) is 23.7 Å². The van der Waals surface area contributed by atoms with Crippen LogP contribution in [0.5, 0.6) is 23.0 Å². The van der Waals surface area contributed by atoms with Crippen LogP contribution in [0.3, 0.4) is 0 Å². The summed E-state index contributed by atoms with van der Waals surface area (Å²) in [6.07, 6.45) is 20.4. The highest BCUT2D eigenvalue weighted by molar-refractivity contribution is 6.03. The van der Waals surface area contributed by atoms with E-state index in [-0.39, 0.29) is 23.7 Å². The van der Waals surface area contributed by atoms with Gasteiger partial charge >= 0.3 is 23.9 Å². The molecule has 0 unspecified atom stereocenters. The Morgan fingerprint density at radius 2 is 0.550 bits per heavy atom. The molecule has 0 aliphatic carbocycles. The van der Waals surface area contributed by atoms with Gasteiger partial charge in [-0.15, -0.1) is 0 Å². The zero-order valence-electron chi connectivity index (χ0n) is 45.9. The lowest BCUT2D eigenvalue weighted by molar-refractivity contribution is -0.129. The molecule has 12 nitrogen and oxygen atoms in total. The molecule has 0 radical (unpaired) electrons. The normalized spacial score (nSPS) is 12.3. The van der Waals surface area contributed by atoms with Crippen LogP contribution in [0.25, 0.3) is 90.9 Å². The van der Waals surface area contributed by atoms with Crippen LogP contribution in [0, 0.1) is 23.7 Å². The number of rotatable bonds is 16. The molecule has 2 aliphatic rings. The molecule has 4 aromatic carbocycles. The van der Waals surface area contributed by atoms with Crippen LogP contribution in [-0.4, -0.2) is 43.8 Å². The van der Waals surface area contributed by atoms with Crippen molar-refractivity contribution in [1.29, 1.82) is 0 Å². The lowest BCUT2D eigenvalue weighted by Crippen LogP contribution is -2.06. The summed E-state index contributed by atoms with van der Waals surface area (Å²) in [6, 6.07) is 36.9. The number of hydrogen-bond acceptors (Lipinski definition) is 10. The van der Waals surface area contributed by atoms with Crippen LogP contribution in [0.4, 0.5) is 0 Å². The minimum absolute atomic E-state index is 0.113. The molecule has 5 heterocycles. The number of carbonyl (C=O) groups is 4. The Morgan fingerprint density at radius 1 is 0.338 bits per heavy atom. The first kappa shape index (κ1) is 55.1. The molecular weight excluding hydrogens is 1000 g/mol. The summed E-state index contributed by atoms with van der Waals surface area (Å²) in [5.41, 5.74) is 9.06. The third-order valence-electron chi connectivity index (χ3n) is 12.7. The van der Waals surface area contributed by atoms with Crippen LogP contribution >= 0.6 is 0 Å². The predicted molar refractivity (Wildman–Crippen MR) is 319 cm³/mol. The van der Waals surface area contributed by atoms with Crippen LogP contribution in [0.2, 0.25) is 0 Å². The molecule has 9 rings (SSSR count). The second-order valence-corrected chi connectivity index (χ2v) is 20.6. The maximum absolute atomic E-state index is 13.5. The van der Waals surface area contributed by atoms with Gasteiger partial charge in [-0.25, -0.2) is 29.1 Å². The molecule has 7 aromatic rings. The third kappa shape index (κ3) is 13.0. The first-order valence-corrected chi connectivity index (χ1v) is 26.7. The van der Waals surface area contributed by atoms with Crippen molar-refractivity contribution < 1.29 is 38.1 Å². The first-order chi connectivity index (χ1) is 38.6. The molecule has 0 saturated heterocycles. The molecule has 3 aromatic heterocycles. The van der Waals surface area contributed by atoms with E-state index in [1.807, 2.05) is 152 Å². The van der Waals surface area contributed by atoms with Crippen molar-refractivity contribution in [3.63, 3.8) is 0 Å². The molecule has 2 aliphatic heterocycles. The number of para-hydroxylation sites is 4. The molecule has 0 spiro atoms. The lowest BCUT2D eigenvalue weighted by atomic mass is 10.0. The number of aromatic nitrogens is 4. The number of carbonyl (C=O) groups excluding carboxylic acids is 4. The first-order valence-electron chi connectivity index (χ1n) is 26.7. The Hall–Kier alpha value is -9.68. The molecule has 80 heavy (non-hydrogen) atoms. The minimum Gasteiger partial charge on any atom is -0.423 e. The second kappa shape index (κ2) is 24.8. The predicted octanol–water partition coefficient (Wildman–Crippen LogP) is 15.8. The molecule has 8 bridgehead atoms. The van der Waals surface area contributed by atoms with E-state index in [0.717, 1.165) is 0 Å². The van der Waals surface area contributed by atoms with Gasteiger partial charge in [0, 0.05) is 90.9 Å². The highest BCUT2D eigenvalue weighted by Gasteiger charge is 2.24. The van der Waals surface area contributed by atoms with Gasteiger partial charge in [-0.3, -0.25) is 0 Å². The molecule has 2 N–H and O–H groups in total. The number of fused-ring (bicyclic) bond motifs is 8. The van der Waals surface area contributed by atoms with Crippen molar-refractivity contribution in [1.82, 2.24) is 19.9 Å². The van der Waals surface area contributed by atoms with Crippen molar-refractivity contribution in [3.05, 3.63) is 193 Å². The van der Waals surface area contributed by atoms with E-state index in [0.29, 0.717) is 112 Å². The average Bonchev–Trinajstić information content (AvgIpc) is 4.31. The van der Waals surface area contributed by atoms with Gasteiger partial charge in [-0.2, -0.15) is 0 Å². The largest absolute Gasteiger partial charge is 0.423 e. The third-order valence-corrected chi connectivity index (χ3v) is 12.7. The van der Waals surface area contributed by atoms with Gasteiger partial charge in [0.25, 0.3) is 0 Å². The fourth-order valence-electron chi connectivity index (χ4n) is 9.04. The molecule has 402 valence electrons. The average molecular weight is 1060 g/mol. The van der Waals surface area contributed by atoms with Gasteiger partial charge in [0.1, 0.15) is 23.0 Å². The summed E-state index contributed by atoms with van der Waals surface area (Å²) in [5, 5.41) is 0. The number of nitrogens with one attached hydrogen (secondary N) is 2. The van der Waals surface area contributed by atoms with Crippen molar-refractivity contribution in [2.75, 3.05) is 0 Å². The number of nitrogens with zero attached hydrogens (tertiary/aromatic N) is 2. The zero-order chi connectivity index (χ0) is 56.5. The van der Waals surface area contributed by atoms with Gasteiger partial charge in [0.2, 0.25) is 0 Å². The van der Waals surface area contributed by atoms with Crippen molar-refractivity contribution in [2.45, 2.75) is 55.4 Å². The molecule has 0 atom stereocenters.